The minimum atomic E-state index is -4.44. The molecule has 0 atom stereocenters. The summed E-state index contributed by atoms with van der Waals surface area (Å²) in [4.78, 5) is 11.5. The van der Waals surface area contributed by atoms with Crippen molar-refractivity contribution in [2.45, 2.75) is 25.3 Å². The van der Waals surface area contributed by atoms with E-state index < -0.39 is 20.6 Å². The number of rotatable bonds is 4. The van der Waals surface area contributed by atoms with Crippen LogP contribution in [0.3, 0.4) is 0 Å². The molecule has 0 radical (unpaired) electrons. The van der Waals surface area contributed by atoms with Crippen molar-refractivity contribution in [3.8, 4) is 5.88 Å². The van der Waals surface area contributed by atoms with Gasteiger partial charge in [0.05, 0.1) is 11.4 Å². The summed E-state index contributed by atoms with van der Waals surface area (Å²) in [5, 5.41) is 17.8. The molecule has 0 fully saturated rings. The zero-order chi connectivity index (χ0) is 18.9. The van der Waals surface area contributed by atoms with Crippen molar-refractivity contribution >= 4 is 38.8 Å². The second-order valence-corrected chi connectivity index (χ2v) is 6.83. The highest BCUT2D eigenvalue weighted by Gasteiger charge is 2.17. The SMILES string of the molecule is CCn1c(O)c(N=Nc2ccc(S(=O)(=O)O)c(N)c2)c(C)c(Cl)c1=O. The molecule has 9 nitrogen and oxygen atoms in total. The highest BCUT2D eigenvalue weighted by molar-refractivity contribution is 7.86. The summed E-state index contributed by atoms with van der Waals surface area (Å²) in [5.74, 6) is -0.388. The van der Waals surface area contributed by atoms with Gasteiger partial charge in [-0.25, -0.2) is 0 Å². The molecule has 0 saturated carbocycles. The predicted molar refractivity (Wildman–Crippen MR) is 92.6 cm³/mol. The number of hydrogen-bond donors (Lipinski definition) is 3. The standard InChI is InChI=1S/C14H15ClN4O5S/c1-3-19-13(20)11(15)7(2)12(14(19)21)18-17-8-4-5-10(9(16)6-8)25(22,23)24/h4-6,21H,3,16H2,1-2H3,(H,22,23,24). The van der Waals surface area contributed by atoms with Crippen molar-refractivity contribution in [3.63, 3.8) is 0 Å². The van der Waals surface area contributed by atoms with Crippen LogP contribution >= 0.6 is 11.6 Å². The van der Waals surface area contributed by atoms with E-state index in [0.29, 0.717) is 0 Å². The van der Waals surface area contributed by atoms with E-state index in [0.717, 1.165) is 10.6 Å². The number of aromatic nitrogens is 1. The van der Waals surface area contributed by atoms with Gasteiger partial charge in [0.2, 0.25) is 5.88 Å². The first-order chi connectivity index (χ1) is 11.6. The van der Waals surface area contributed by atoms with Crippen molar-refractivity contribution in [2.75, 3.05) is 5.73 Å². The molecule has 0 aliphatic carbocycles. The summed E-state index contributed by atoms with van der Waals surface area (Å²) in [6, 6.07) is 3.54. The van der Waals surface area contributed by atoms with Crippen LogP contribution in [0.5, 0.6) is 5.88 Å². The molecule has 0 aliphatic rings. The first-order valence-corrected chi connectivity index (χ1v) is 8.80. The fraction of sp³-hybridized carbons (Fsp3) is 0.214. The first-order valence-electron chi connectivity index (χ1n) is 6.98. The van der Waals surface area contributed by atoms with Crippen LogP contribution in [0.4, 0.5) is 17.1 Å². The quantitative estimate of drug-likeness (QED) is 0.418. The molecule has 1 aromatic carbocycles. The normalized spacial score (nSPS) is 12.0. The average Bonchev–Trinajstić information content (AvgIpc) is 2.52. The Hall–Kier alpha value is -2.43. The van der Waals surface area contributed by atoms with Crippen LogP contribution in [0.1, 0.15) is 12.5 Å². The maximum atomic E-state index is 11.9. The summed E-state index contributed by atoms with van der Waals surface area (Å²) in [5.41, 5.74) is 5.24. The van der Waals surface area contributed by atoms with E-state index in [2.05, 4.69) is 10.2 Å². The molecule has 0 spiro atoms. The predicted octanol–water partition coefficient (Wildman–Crippen LogP) is 2.78. The van der Waals surface area contributed by atoms with Crippen molar-refractivity contribution in [3.05, 3.63) is 39.1 Å². The van der Waals surface area contributed by atoms with E-state index in [4.69, 9.17) is 21.9 Å². The van der Waals surface area contributed by atoms with Crippen LogP contribution in [0.15, 0.2) is 38.1 Å². The van der Waals surface area contributed by atoms with Crippen LogP contribution in [-0.4, -0.2) is 22.6 Å². The smallest absolute Gasteiger partial charge is 0.296 e. The molecule has 4 N–H and O–H groups in total. The Morgan fingerprint density at radius 1 is 1.32 bits per heavy atom. The molecule has 11 heteroatoms. The van der Waals surface area contributed by atoms with Gasteiger partial charge in [0.15, 0.2) is 5.69 Å². The Kier molecular flexibility index (Phi) is 5.16. The molecule has 0 unspecified atom stereocenters. The number of azo groups is 1. The van der Waals surface area contributed by atoms with Gasteiger partial charge >= 0.3 is 0 Å². The van der Waals surface area contributed by atoms with E-state index in [1.54, 1.807) is 6.92 Å². The lowest BCUT2D eigenvalue weighted by molar-refractivity contribution is 0.412. The highest BCUT2D eigenvalue weighted by Crippen LogP contribution is 2.34. The number of anilines is 1. The maximum absolute atomic E-state index is 11.9. The van der Waals surface area contributed by atoms with Gasteiger partial charge in [-0.05, 0) is 32.0 Å². The number of nitrogens with two attached hydrogens (primary N) is 1. The molecule has 25 heavy (non-hydrogen) atoms. The number of hydrogen-bond acceptors (Lipinski definition) is 7. The summed E-state index contributed by atoms with van der Waals surface area (Å²) < 4.78 is 32.3. The molecule has 2 aromatic rings. The molecule has 1 aromatic heterocycles. The monoisotopic (exact) mass is 386 g/mol. The van der Waals surface area contributed by atoms with Crippen molar-refractivity contribution in [1.82, 2.24) is 4.57 Å². The summed E-state index contributed by atoms with van der Waals surface area (Å²) in [7, 11) is -4.44. The Morgan fingerprint density at radius 3 is 2.48 bits per heavy atom. The van der Waals surface area contributed by atoms with Gasteiger partial charge in [0.25, 0.3) is 15.7 Å². The van der Waals surface area contributed by atoms with Gasteiger partial charge in [-0.3, -0.25) is 13.9 Å². The Bertz CT molecular complexity index is 1030. The van der Waals surface area contributed by atoms with Gasteiger partial charge in [-0.2, -0.15) is 13.5 Å². The minimum absolute atomic E-state index is 0.00359. The number of halogens is 1. The summed E-state index contributed by atoms with van der Waals surface area (Å²) in [6.07, 6.45) is 0. The van der Waals surface area contributed by atoms with Gasteiger partial charge in [0.1, 0.15) is 9.92 Å². The Balaban J connectivity index is 2.52. The second-order valence-electron chi connectivity index (χ2n) is 5.06. The number of pyridine rings is 1. The average molecular weight is 387 g/mol. The van der Waals surface area contributed by atoms with Crippen LogP contribution in [0, 0.1) is 6.92 Å². The van der Waals surface area contributed by atoms with Crippen LogP contribution in [0.2, 0.25) is 5.02 Å². The van der Waals surface area contributed by atoms with Gasteiger partial charge in [0, 0.05) is 12.1 Å². The number of benzene rings is 1. The largest absolute Gasteiger partial charge is 0.493 e. The van der Waals surface area contributed by atoms with Crippen molar-refractivity contribution in [1.29, 1.82) is 0 Å². The van der Waals surface area contributed by atoms with Crippen LogP contribution in [-0.2, 0) is 16.7 Å². The van der Waals surface area contributed by atoms with Gasteiger partial charge in [-0.1, -0.05) is 11.6 Å². The number of nitrogen functional groups attached to an aromatic ring is 1. The lowest BCUT2D eigenvalue weighted by Crippen LogP contribution is -2.20. The lowest BCUT2D eigenvalue weighted by Gasteiger charge is -2.11. The third-order valence-corrected chi connectivity index (χ3v) is 4.81. The van der Waals surface area contributed by atoms with Crippen molar-refractivity contribution < 1.29 is 18.1 Å². The Morgan fingerprint density at radius 2 is 1.96 bits per heavy atom. The number of nitrogens with zero attached hydrogens (tertiary/aromatic N) is 3. The van der Waals surface area contributed by atoms with Gasteiger partial charge in [-0.15, -0.1) is 5.11 Å². The van der Waals surface area contributed by atoms with E-state index in [9.17, 15) is 18.3 Å². The van der Waals surface area contributed by atoms with E-state index in [1.807, 2.05) is 0 Å². The summed E-state index contributed by atoms with van der Waals surface area (Å²) in [6.45, 7) is 3.35. The molecule has 0 saturated heterocycles. The molecule has 1 heterocycles. The zero-order valence-electron chi connectivity index (χ0n) is 13.3. The molecule has 0 bridgehead atoms. The fourth-order valence-electron chi connectivity index (χ4n) is 2.13. The minimum Gasteiger partial charge on any atom is -0.493 e. The molecule has 134 valence electrons. The topological polar surface area (TPSA) is 147 Å². The van der Waals surface area contributed by atoms with Crippen molar-refractivity contribution in [2.24, 2.45) is 10.2 Å². The maximum Gasteiger partial charge on any atom is 0.296 e. The molecular formula is C14H15ClN4O5S. The van der Waals surface area contributed by atoms with Gasteiger partial charge < -0.3 is 10.8 Å². The zero-order valence-corrected chi connectivity index (χ0v) is 14.8. The van der Waals surface area contributed by atoms with E-state index in [-0.39, 0.29) is 40.1 Å². The highest BCUT2D eigenvalue weighted by atomic mass is 35.5. The molecule has 2 rings (SSSR count). The van der Waals surface area contributed by atoms with E-state index >= 15 is 0 Å². The lowest BCUT2D eigenvalue weighted by atomic mass is 10.2. The molecular weight excluding hydrogens is 372 g/mol. The Labute approximate surface area is 148 Å². The first kappa shape index (κ1) is 18.9. The van der Waals surface area contributed by atoms with E-state index in [1.165, 1.54) is 19.1 Å². The third kappa shape index (κ3) is 3.65. The fourth-order valence-corrected chi connectivity index (χ4v) is 2.92. The molecule has 0 aliphatic heterocycles. The van der Waals surface area contributed by atoms with Crippen LogP contribution < -0.4 is 11.3 Å². The molecule has 0 amide bonds. The third-order valence-electron chi connectivity index (χ3n) is 3.44. The number of aromatic hydroxyl groups is 1. The summed E-state index contributed by atoms with van der Waals surface area (Å²) >= 11 is 5.96. The second kappa shape index (κ2) is 6.82. The van der Waals surface area contributed by atoms with Crippen LogP contribution in [0.25, 0.3) is 0 Å².